The molecular weight excluding hydrogens is 997 g/mol. The first kappa shape index (κ1) is 47.9. The minimum atomic E-state index is -0.178. The van der Waals surface area contributed by atoms with Gasteiger partial charge in [0.25, 0.3) is 0 Å². The molecule has 9 atom stereocenters. The van der Waals surface area contributed by atoms with E-state index in [4.69, 9.17) is 27.6 Å². The summed E-state index contributed by atoms with van der Waals surface area (Å²) in [5.41, 5.74) is 18.5. The van der Waals surface area contributed by atoms with Crippen molar-refractivity contribution in [3.05, 3.63) is 237 Å². The molecule has 6 aliphatic carbocycles. The van der Waals surface area contributed by atoms with E-state index in [9.17, 15) is 0 Å². The number of benzene rings is 3. The van der Waals surface area contributed by atoms with Crippen molar-refractivity contribution in [3.8, 4) is 0 Å². The standard InChI is InChI=1S/C68H64N6S3/c75-36-35-51-53-37-44(29-33-60(53)76-64(51)56-41-73(47-21-9-3-10-22-47)57-27-15-13-25-49(56)57)46-39-55(68-71-66(42-17-5-1-6-18-42)70-67(72-68)43-19-7-2-8-20-43)63(69-40-46)45-30-34-61-54(38-45)50-31-32-59-62(65(50)77-61)52-26-14-16-28-58(52)74(59)48-23-11-4-12-24-48/h1,3-5,7,9-13,15,19-25,28-34,38-42,44,51-52,54,57,61,64,66,75H,2,6,8,14,16-18,26-27,35-37H2,(H,70,71,72). The fraction of sp³-hybridized carbons (Fsp3) is 0.309. The first-order valence-corrected chi connectivity index (χ1v) is 30.9. The monoisotopic (exact) mass is 1060 g/mol. The molecule has 0 spiro atoms. The first-order valence-electron chi connectivity index (χ1n) is 28.5. The highest BCUT2D eigenvalue weighted by Gasteiger charge is 2.46. The summed E-state index contributed by atoms with van der Waals surface area (Å²) in [4.78, 5) is 24.7. The van der Waals surface area contributed by atoms with Crippen molar-refractivity contribution in [2.45, 2.75) is 116 Å². The molecule has 9 heteroatoms. The Labute approximate surface area is 468 Å². The lowest BCUT2D eigenvalue weighted by Crippen LogP contribution is -2.40. The van der Waals surface area contributed by atoms with Crippen LogP contribution in [-0.2, 0) is 0 Å². The molecule has 0 radical (unpaired) electrons. The summed E-state index contributed by atoms with van der Waals surface area (Å²) in [7, 11) is 0. The number of amidine groups is 2. The Morgan fingerprint density at radius 1 is 0.766 bits per heavy atom. The fourth-order valence-electron chi connectivity index (χ4n) is 14.3. The maximum absolute atomic E-state index is 5.65. The van der Waals surface area contributed by atoms with Gasteiger partial charge in [-0.15, -0.1) is 23.5 Å². The predicted octanol–water partition coefficient (Wildman–Crippen LogP) is 16.3. The van der Waals surface area contributed by atoms with E-state index >= 15 is 0 Å². The van der Waals surface area contributed by atoms with Crippen LogP contribution >= 0.6 is 36.2 Å². The van der Waals surface area contributed by atoms with Gasteiger partial charge in [-0.1, -0.05) is 133 Å². The second kappa shape index (κ2) is 20.2. The third-order valence-electron chi connectivity index (χ3n) is 18.1. The summed E-state index contributed by atoms with van der Waals surface area (Å²) in [6.45, 7) is 0. The van der Waals surface area contributed by atoms with Gasteiger partial charge in [-0.2, -0.15) is 12.6 Å². The Morgan fingerprint density at radius 3 is 2.49 bits per heavy atom. The molecule has 4 aromatic rings. The molecule has 9 unspecified atom stereocenters. The van der Waals surface area contributed by atoms with Gasteiger partial charge in [-0.05, 0) is 152 Å². The minimum Gasteiger partial charge on any atom is -0.340 e. The molecule has 0 saturated heterocycles. The number of para-hydroxylation sites is 2. The lowest BCUT2D eigenvalue weighted by Gasteiger charge is -2.30. The highest BCUT2D eigenvalue weighted by molar-refractivity contribution is 8.04. The van der Waals surface area contributed by atoms with Crippen molar-refractivity contribution < 1.29 is 0 Å². The molecule has 1 N–H and O–H groups in total. The SMILES string of the molecule is SCCC1C2=C(C=CC(c3cnc(C4=CC5c6ccc7c(c6SC5C=C4)C4CCCC=C4N7c4ccccc4)c(C4=NC(C5CC=CCC5)N=C(C5=CCCC=C5)N4)c3)C2)SC1C1=CN(c2ccccc2)C2CC=CC=C12. The summed E-state index contributed by atoms with van der Waals surface area (Å²) in [5.74, 6) is 4.24. The second-order valence-electron chi connectivity index (χ2n) is 22.5. The van der Waals surface area contributed by atoms with E-state index in [0.717, 1.165) is 92.0 Å². The van der Waals surface area contributed by atoms with Crippen LogP contribution in [0.25, 0.3) is 5.57 Å². The van der Waals surface area contributed by atoms with Crippen LogP contribution in [0.3, 0.4) is 0 Å². The highest BCUT2D eigenvalue weighted by Crippen LogP contribution is 2.61. The molecule has 11 aliphatic rings. The summed E-state index contributed by atoms with van der Waals surface area (Å²) >= 11 is 9.10. The molecule has 384 valence electrons. The van der Waals surface area contributed by atoms with Gasteiger partial charge in [0, 0.05) is 84.6 Å². The zero-order valence-electron chi connectivity index (χ0n) is 43.4. The molecule has 6 nitrogen and oxygen atoms in total. The van der Waals surface area contributed by atoms with Gasteiger partial charge in [0.1, 0.15) is 17.8 Å². The smallest absolute Gasteiger partial charge is 0.147 e. The summed E-state index contributed by atoms with van der Waals surface area (Å²) in [5, 5.41) is 4.55. The van der Waals surface area contributed by atoms with Crippen molar-refractivity contribution in [1.29, 1.82) is 0 Å². The van der Waals surface area contributed by atoms with Crippen LogP contribution in [0.4, 0.5) is 17.1 Å². The number of nitrogens with one attached hydrogen (secondary N) is 1. The lowest BCUT2D eigenvalue weighted by atomic mass is 9.78. The molecule has 0 saturated carbocycles. The summed E-state index contributed by atoms with van der Waals surface area (Å²) in [6, 6.07) is 29.6. The number of anilines is 3. The molecule has 1 aromatic heterocycles. The Kier molecular flexibility index (Phi) is 12.6. The van der Waals surface area contributed by atoms with Gasteiger partial charge in [-0.25, -0.2) is 9.98 Å². The lowest BCUT2D eigenvalue weighted by molar-refractivity contribution is 0.397. The van der Waals surface area contributed by atoms with E-state index < -0.39 is 0 Å². The summed E-state index contributed by atoms with van der Waals surface area (Å²) in [6.07, 6.45) is 49.7. The predicted molar refractivity (Wildman–Crippen MR) is 327 cm³/mol. The molecule has 6 heterocycles. The third kappa shape index (κ3) is 8.44. The molecule has 0 bridgehead atoms. The van der Waals surface area contributed by atoms with Crippen molar-refractivity contribution >= 4 is 70.5 Å². The third-order valence-corrected chi connectivity index (χ3v) is 21.2. The minimum absolute atomic E-state index is 0.175. The van der Waals surface area contributed by atoms with E-state index in [1.807, 2.05) is 0 Å². The van der Waals surface area contributed by atoms with Crippen LogP contribution in [0.15, 0.2) is 224 Å². The summed E-state index contributed by atoms with van der Waals surface area (Å²) < 4.78 is 0. The Bertz CT molecular complexity index is 3490. The molecule has 15 rings (SSSR count). The van der Waals surface area contributed by atoms with E-state index in [2.05, 4.69) is 215 Å². The van der Waals surface area contributed by atoms with Crippen molar-refractivity contribution in [1.82, 2.24) is 10.3 Å². The highest BCUT2D eigenvalue weighted by atomic mass is 32.2. The van der Waals surface area contributed by atoms with E-state index in [0.29, 0.717) is 34.3 Å². The maximum Gasteiger partial charge on any atom is 0.147 e. The van der Waals surface area contributed by atoms with Gasteiger partial charge < -0.3 is 15.1 Å². The number of fused-ring (bicyclic) bond motifs is 8. The zero-order valence-corrected chi connectivity index (χ0v) is 46.0. The van der Waals surface area contributed by atoms with Crippen molar-refractivity contribution in [2.24, 2.45) is 21.8 Å². The van der Waals surface area contributed by atoms with Crippen LogP contribution in [0.5, 0.6) is 0 Å². The number of aromatic nitrogens is 1. The Balaban J connectivity index is 0.799. The maximum atomic E-state index is 5.65. The van der Waals surface area contributed by atoms with Crippen LogP contribution in [0.1, 0.15) is 116 Å². The largest absolute Gasteiger partial charge is 0.340 e. The number of hydrogen-bond donors (Lipinski definition) is 2. The fourth-order valence-corrected chi connectivity index (χ4v) is 17.7. The van der Waals surface area contributed by atoms with E-state index in [-0.39, 0.29) is 18.0 Å². The number of pyridine rings is 1. The van der Waals surface area contributed by atoms with Crippen LogP contribution in [0.2, 0.25) is 0 Å². The van der Waals surface area contributed by atoms with Gasteiger partial charge in [0.2, 0.25) is 0 Å². The molecule has 5 aliphatic heterocycles. The number of thiol groups is 1. The number of rotatable bonds is 10. The van der Waals surface area contributed by atoms with Crippen LogP contribution < -0.4 is 15.1 Å². The van der Waals surface area contributed by atoms with Crippen LogP contribution in [0, 0.1) is 11.8 Å². The first-order chi connectivity index (χ1) is 38.1. The normalized spacial score (nSPS) is 29.3. The van der Waals surface area contributed by atoms with Crippen molar-refractivity contribution in [3.63, 3.8) is 0 Å². The molecular formula is C68H64N6S3. The second-order valence-corrected chi connectivity index (χ2v) is 25.3. The number of hydrogen-bond acceptors (Lipinski definition) is 9. The van der Waals surface area contributed by atoms with Crippen molar-refractivity contribution in [2.75, 3.05) is 15.6 Å². The molecule has 3 aromatic carbocycles. The number of thioether (sulfide) groups is 2. The molecule has 0 amide bonds. The van der Waals surface area contributed by atoms with E-state index in [1.54, 1.807) is 5.57 Å². The van der Waals surface area contributed by atoms with E-state index in [1.165, 1.54) is 78.8 Å². The van der Waals surface area contributed by atoms with Gasteiger partial charge in [0.15, 0.2) is 0 Å². The molecule has 77 heavy (non-hydrogen) atoms. The number of nitrogens with zero attached hydrogens (tertiary/aromatic N) is 5. The topological polar surface area (TPSA) is 56.1 Å². The van der Waals surface area contributed by atoms with Gasteiger partial charge in [0.05, 0.1) is 17.4 Å². The average molecular weight is 1060 g/mol. The number of aliphatic imine (C=N–C) groups is 2. The quantitative estimate of drug-likeness (QED) is 0.122. The average Bonchev–Trinajstić information content (AvgIpc) is 4.43. The molecule has 0 fully saturated rings. The van der Waals surface area contributed by atoms with Gasteiger partial charge >= 0.3 is 0 Å². The Hall–Kier alpha value is -6.26. The Morgan fingerprint density at radius 2 is 1.65 bits per heavy atom. The zero-order chi connectivity index (χ0) is 51.0. The van der Waals surface area contributed by atoms with Gasteiger partial charge in [-0.3, -0.25) is 4.98 Å². The van der Waals surface area contributed by atoms with Crippen LogP contribution in [-0.4, -0.2) is 45.1 Å². The number of allylic oxidation sites excluding steroid dienone is 14.